The second-order valence-corrected chi connectivity index (χ2v) is 4.03. The number of hydrogen-bond donors (Lipinski definition) is 2. The maximum atomic E-state index is 13.2. The van der Waals surface area contributed by atoms with E-state index in [2.05, 4.69) is 0 Å². The van der Waals surface area contributed by atoms with E-state index in [1.54, 1.807) is 13.0 Å². The summed E-state index contributed by atoms with van der Waals surface area (Å²) in [4.78, 5) is 10.9. The molecule has 0 amide bonds. The number of halogens is 1. The fourth-order valence-electron chi connectivity index (χ4n) is 1.80. The maximum Gasteiger partial charge on any atom is 0.335 e. The van der Waals surface area contributed by atoms with E-state index in [4.69, 9.17) is 5.11 Å². The minimum Gasteiger partial charge on any atom is -0.508 e. The lowest BCUT2D eigenvalue weighted by Crippen LogP contribution is -1.96. The van der Waals surface area contributed by atoms with Gasteiger partial charge in [-0.1, -0.05) is 6.07 Å². The van der Waals surface area contributed by atoms with Crippen LogP contribution in [-0.2, 0) is 0 Å². The third-order valence-electron chi connectivity index (χ3n) is 2.68. The fourth-order valence-corrected chi connectivity index (χ4v) is 1.80. The first-order chi connectivity index (χ1) is 8.47. The Morgan fingerprint density at radius 3 is 2.56 bits per heavy atom. The molecule has 2 aromatic rings. The number of aromatic carboxylic acids is 1. The Balaban J connectivity index is 2.63. The predicted molar refractivity (Wildman–Crippen MR) is 65.2 cm³/mol. The first kappa shape index (κ1) is 12.1. The van der Waals surface area contributed by atoms with Gasteiger partial charge in [-0.3, -0.25) is 0 Å². The molecule has 0 bridgehead atoms. The summed E-state index contributed by atoms with van der Waals surface area (Å²) in [6.07, 6.45) is 0. The first-order valence-corrected chi connectivity index (χ1v) is 5.31. The molecule has 3 nitrogen and oxygen atoms in total. The number of benzene rings is 2. The molecule has 4 heteroatoms. The number of aryl methyl sites for hydroxylation is 1. The summed E-state index contributed by atoms with van der Waals surface area (Å²) in [6.45, 7) is 1.79. The highest BCUT2D eigenvalue weighted by Gasteiger charge is 2.10. The average Bonchev–Trinajstić information content (AvgIpc) is 2.31. The number of carbonyl (C=O) groups is 1. The van der Waals surface area contributed by atoms with E-state index < -0.39 is 11.8 Å². The molecule has 0 aliphatic carbocycles. The van der Waals surface area contributed by atoms with Crippen LogP contribution in [0, 0.1) is 12.7 Å². The molecule has 0 unspecified atom stereocenters. The minimum absolute atomic E-state index is 0.0336. The zero-order valence-electron chi connectivity index (χ0n) is 9.64. The standard InChI is InChI=1S/C14H11FO3/c1-8-2-3-11(15)7-13(8)9-4-10(14(17)18)6-12(16)5-9/h2-7,16H,1H3,(H,17,18). The first-order valence-electron chi connectivity index (χ1n) is 5.31. The zero-order valence-corrected chi connectivity index (χ0v) is 9.64. The van der Waals surface area contributed by atoms with E-state index in [0.29, 0.717) is 11.1 Å². The van der Waals surface area contributed by atoms with Crippen LogP contribution in [0.2, 0.25) is 0 Å². The van der Waals surface area contributed by atoms with Crippen LogP contribution in [0.1, 0.15) is 15.9 Å². The molecule has 0 radical (unpaired) electrons. The number of aromatic hydroxyl groups is 1. The molecular formula is C14H11FO3. The molecule has 0 saturated heterocycles. The van der Waals surface area contributed by atoms with Gasteiger partial charge >= 0.3 is 5.97 Å². The van der Waals surface area contributed by atoms with Crippen LogP contribution in [0.25, 0.3) is 11.1 Å². The Morgan fingerprint density at radius 2 is 1.89 bits per heavy atom. The summed E-state index contributed by atoms with van der Waals surface area (Å²) in [5, 5.41) is 18.4. The van der Waals surface area contributed by atoms with Crippen LogP contribution < -0.4 is 0 Å². The number of carboxylic acids is 1. The van der Waals surface area contributed by atoms with Crippen molar-refractivity contribution in [2.45, 2.75) is 6.92 Å². The Hall–Kier alpha value is -2.36. The highest BCUT2D eigenvalue weighted by molar-refractivity contribution is 5.90. The number of hydrogen-bond acceptors (Lipinski definition) is 2. The fraction of sp³-hybridized carbons (Fsp3) is 0.0714. The van der Waals surface area contributed by atoms with Crippen LogP contribution in [0.15, 0.2) is 36.4 Å². The van der Waals surface area contributed by atoms with Crippen LogP contribution in [0.5, 0.6) is 5.75 Å². The third-order valence-corrected chi connectivity index (χ3v) is 2.68. The van der Waals surface area contributed by atoms with Gasteiger partial charge in [0.05, 0.1) is 5.56 Å². The van der Waals surface area contributed by atoms with Gasteiger partial charge in [0.25, 0.3) is 0 Å². The van der Waals surface area contributed by atoms with Gasteiger partial charge in [-0.15, -0.1) is 0 Å². The SMILES string of the molecule is Cc1ccc(F)cc1-c1cc(O)cc(C(=O)O)c1. The molecule has 2 N–H and O–H groups in total. The summed E-state index contributed by atoms with van der Waals surface area (Å²) in [5.41, 5.74) is 1.81. The van der Waals surface area contributed by atoms with Crippen molar-refractivity contribution in [1.29, 1.82) is 0 Å². The van der Waals surface area contributed by atoms with Gasteiger partial charge in [0, 0.05) is 0 Å². The lowest BCUT2D eigenvalue weighted by Gasteiger charge is -2.08. The summed E-state index contributed by atoms with van der Waals surface area (Å²) < 4.78 is 13.2. The predicted octanol–water partition coefficient (Wildman–Crippen LogP) is 3.20. The third kappa shape index (κ3) is 2.32. The molecule has 92 valence electrons. The van der Waals surface area contributed by atoms with Crippen molar-refractivity contribution >= 4 is 5.97 Å². The maximum absolute atomic E-state index is 13.2. The molecule has 0 aliphatic rings. The van der Waals surface area contributed by atoms with Crippen LogP contribution in [0.3, 0.4) is 0 Å². The van der Waals surface area contributed by atoms with Gasteiger partial charge in [0.2, 0.25) is 0 Å². The highest BCUT2D eigenvalue weighted by atomic mass is 19.1. The summed E-state index contributed by atoms with van der Waals surface area (Å²) in [6, 6.07) is 8.23. The number of phenols is 1. The lowest BCUT2D eigenvalue weighted by molar-refractivity contribution is 0.0696. The van der Waals surface area contributed by atoms with Crippen molar-refractivity contribution < 1.29 is 19.4 Å². The van der Waals surface area contributed by atoms with Gasteiger partial charge in [-0.2, -0.15) is 0 Å². The average molecular weight is 246 g/mol. The smallest absolute Gasteiger partial charge is 0.335 e. The Kier molecular flexibility index (Phi) is 3.02. The lowest BCUT2D eigenvalue weighted by atomic mass is 9.98. The van der Waals surface area contributed by atoms with Gasteiger partial charge < -0.3 is 10.2 Å². The molecule has 0 heterocycles. The van der Waals surface area contributed by atoms with E-state index in [1.165, 1.54) is 24.3 Å². The summed E-state index contributed by atoms with van der Waals surface area (Å²) >= 11 is 0. The molecule has 0 saturated carbocycles. The van der Waals surface area contributed by atoms with Crippen molar-refractivity contribution in [3.63, 3.8) is 0 Å². The van der Waals surface area contributed by atoms with Crippen molar-refractivity contribution in [2.75, 3.05) is 0 Å². The van der Waals surface area contributed by atoms with Crippen molar-refractivity contribution in [3.8, 4) is 16.9 Å². The molecule has 0 fully saturated rings. The van der Waals surface area contributed by atoms with Crippen molar-refractivity contribution in [1.82, 2.24) is 0 Å². The highest BCUT2D eigenvalue weighted by Crippen LogP contribution is 2.28. The normalized spacial score (nSPS) is 10.3. The van der Waals surface area contributed by atoms with Gasteiger partial charge in [0.15, 0.2) is 0 Å². The van der Waals surface area contributed by atoms with Crippen LogP contribution in [-0.4, -0.2) is 16.2 Å². The van der Waals surface area contributed by atoms with Crippen LogP contribution >= 0.6 is 0 Å². The number of carboxylic acid groups (broad SMARTS) is 1. The Morgan fingerprint density at radius 1 is 1.17 bits per heavy atom. The van der Waals surface area contributed by atoms with Gasteiger partial charge in [-0.25, -0.2) is 9.18 Å². The Labute approximate surface area is 103 Å². The molecule has 0 aromatic heterocycles. The van der Waals surface area contributed by atoms with Gasteiger partial charge in [-0.05, 0) is 53.9 Å². The molecule has 2 rings (SSSR count). The monoisotopic (exact) mass is 246 g/mol. The summed E-state index contributed by atoms with van der Waals surface area (Å²) in [5.74, 6) is -1.70. The van der Waals surface area contributed by atoms with E-state index >= 15 is 0 Å². The van der Waals surface area contributed by atoms with E-state index in [1.807, 2.05) is 0 Å². The van der Waals surface area contributed by atoms with E-state index in [0.717, 1.165) is 11.6 Å². The van der Waals surface area contributed by atoms with Gasteiger partial charge in [0.1, 0.15) is 11.6 Å². The summed E-state index contributed by atoms with van der Waals surface area (Å²) in [7, 11) is 0. The van der Waals surface area contributed by atoms with E-state index in [-0.39, 0.29) is 11.3 Å². The quantitative estimate of drug-likeness (QED) is 0.855. The molecule has 2 aromatic carbocycles. The van der Waals surface area contributed by atoms with Crippen LogP contribution in [0.4, 0.5) is 4.39 Å². The van der Waals surface area contributed by atoms with Crippen molar-refractivity contribution in [2.24, 2.45) is 0 Å². The molecule has 0 atom stereocenters. The molecular weight excluding hydrogens is 235 g/mol. The topological polar surface area (TPSA) is 57.5 Å². The second kappa shape index (κ2) is 4.49. The largest absolute Gasteiger partial charge is 0.508 e. The molecule has 18 heavy (non-hydrogen) atoms. The second-order valence-electron chi connectivity index (χ2n) is 4.03. The molecule has 0 spiro atoms. The van der Waals surface area contributed by atoms with E-state index in [9.17, 15) is 14.3 Å². The van der Waals surface area contributed by atoms with Crippen molar-refractivity contribution in [3.05, 3.63) is 53.3 Å². The number of rotatable bonds is 2. The number of phenolic OH excluding ortho intramolecular Hbond substituents is 1. The molecule has 0 aliphatic heterocycles. The Bertz CT molecular complexity index is 620. The minimum atomic E-state index is -1.14. The zero-order chi connectivity index (χ0) is 13.3.